The summed E-state index contributed by atoms with van der Waals surface area (Å²) in [5.41, 5.74) is -0.0397. The largest absolute Gasteiger partial charge is 0.328 e. The Bertz CT molecular complexity index is 428. The maximum atomic E-state index is 13.3. The van der Waals surface area contributed by atoms with E-state index in [2.05, 4.69) is 15.9 Å². The van der Waals surface area contributed by atoms with E-state index in [0.717, 1.165) is 4.90 Å². The molecule has 1 aromatic rings. The highest BCUT2D eigenvalue weighted by atomic mass is 79.9. The molecule has 0 atom stereocenters. The Hall–Kier alpha value is -1.41. The number of carbonyl (C=O) groups is 1. The average Bonchev–Trinajstić information content (AvgIpc) is 2.21. The van der Waals surface area contributed by atoms with Crippen LogP contribution in [0.15, 0.2) is 22.7 Å². The molecule has 0 spiro atoms. The lowest BCUT2D eigenvalue weighted by molar-refractivity contribution is 0.0807. The molecule has 0 aliphatic carbocycles. The molecule has 0 radical (unpaired) electrons. The molecule has 78 valence electrons. The molecule has 1 rings (SSSR count). The van der Waals surface area contributed by atoms with Crippen LogP contribution in [0, 0.1) is 17.1 Å². The highest BCUT2D eigenvalue weighted by molar-refractivity contribution is 9.10. The second-order valence-electron chi connectivity index (χ2n) is 2.94. The number of nitriles is 1. The highest BCUT2D eigenvalue weighted by Gasteiger charge is 2.15. The quantitative estimate of drug-likeness (QED) is 0.774. The maximum absolute atomic E-state index is 13.3. The molecule has 0 aliphatic rings. The number of benzene rings is 1. The first-order chi connectivity index (χ1) is 7.06. The van der Waals surface area contributed by atoms with Gasteiger partial charge in [-0.05, 0) is 18.2 Å². The highest BCUT2D eigenvalue weighted by Crippen LogP contribution is 2.16. The minimum absolute atomic E-state index is 0.0397. The number of halogens is 2. The lowest BCUT2D eigenvalue weighted by Gasteiger charge is -2.13. The second-order valence-corrected chi connectivity index (χ2v) is 3.86. The first-order valence-corrected chi connectivity index (χ1v) is 4.93. The van der Waals surface area contributed by atoms with E-state index >= 15 is 0 Å². The van der Waals surface area contributed by atoms with Crippen LogP contribution in [-0.2, 0) is 0 Å². The Morgan fingerprint density at radius 3 is 2.93 bits per heavy atom. The predicted octanol–water partition coefficient (Wildman–Crippen LogP) is 2.18. The molecule has 0 aliphatic heterocycles. The third-order valence-electron chi connectivity index (χ3n) is 1.81. The van der Waals surface area contributed by atoms with Gasteiger partial charge >= 0.3 is 0 Å². The van der Waals surface area contributed by atoms with Crippen LogP contribution in [0.3, 0.4) is 0 Å². The van der Waals surface area contributed by atoms with Crippen LogP contribution >= 0.6 is 15.9 Å². The van der Waals surface area contributed by atoms with Crippen LogP contribution < -0.4 is 0 Å². The monoisotopic (exact) mass is 270 g/mol. The lowest BCUT2D eigenvalue weighted by Crippen LogP contribution is -2.27. The standard InChI is InChI=1S/C10H8BrFN2O/c1-14(5-4-13)10(15)8-6-7(11)2-3-9(8)12/h2-3,6H,5H2,1H3. The van der Waals surface area contributed by atoms with Gasteiger partial charge in [0.05, 0.1) is 11.6 Å². The molecule has 0 unspecified atom stereocenters. The van der Waals surface area contributed by atoms with Crippen molar-refractivity contribution in [2.24, 2.45) is 0 Å². The van der Waals surface area contributed by atoms with Gasteiger partial charge in [0, 0.05) is 11.5 Å². The number of carbonyl (C=O) groups excluding carboxylic acids is 1. The third-order valence-corrected chi connectivity index (χ3v) is 2.31. The van der Waals surface area contributed by atoms with Crippen molar-refractivity contribution >= 4 is 21.8 Å². The van der Waals surface area contributed by atoms with Crippen LogP contribution in [-0.4, -0.2) is 24.4 Å². The third kappa shape index (κ3) is 2.77. The number of hydrogen-bond acceptors (Lipinski definition) is 2. The molecule has 0 saturated carbocycles. The van der Waals surface area contributed by atoms with Crippen LogP contribution in [0.25, 0.3) is 0 Å². The van der Waals surface area contributed by atoms with Gasteiger partial charge in [-0.1, -0.05) is 15.9 Å². The second kappa shape index (κ2) is 4.89. The Morgan fingerprint density at radius 2 is 2.33 bits per heavy atom. The molecule has 0 fully saturated rings. The van der Waals surface area contributed by atoms with Gasteiger partial charge in [-0.25, -0.2) is 4.39 Å². The first kappa shape index (κ1) is 11.7. The Morgan fingerprint density at radius 1 is 1.67 bits per heavy atom. The fourth-order valence-corrected chi connectivity index (χ4v) is 1.41. The summed E-state index contributed by atoms with van der Waals surface area (Å²) in [6.45, 7) is -0.0647. The first-order valence-electron chi connectivity index (χ1n) is 4.13. The zero-order chi connectivity index (χ0) is 11.4. The molecule has 15 heavy (non-hydrogen) atoms. The van der Waals surface area contributed by atoms with Crippen molar-refractivity contribution in [3.63, 3.8) is 0 Å². The van der Waals surface area contributed by atoms with Crippen molar-refractivity contribution in [1.82, 2.24) is 4.90 Å². The van der Waals surface area contributed by atoms with Gasteiger partial charge in [0.15, 0.2) is 0 Å². The van der Waals surface area contributed by atoms with Crippen LogP contribution in [0.5, 0.6) is 0 Å². The van der Waals surface area contributed by atoms with Gasteiger partial charge in [0.1, 0.15) is 12.4 Å². The van der Waals surface area contributed by atoms with Gasteiger partial charge in [-0.2, -0.15) is 5.26 Å². The van der Waals surface area contributed by atoms with Crippen LogP contribution in [0.4, 0.5) is 4.39 Å². The number of rotatable bonds is 2. The van der Waals surface area contributed by atoms with Crippen molar-refractivity contribution in [1.29, 1.82) is 5.26 Å². The number of amides is 1. The summed E-state index contributed by atoms with van der Waals surface area (Å²) in [4.78, 5) is 12.8. The fourth-order valence-electron chi connectivity index (χ4n) is 1.04. The summed E-state index contributed by atoms with van der Waals surface area (Å²) < 4.78 is 13.9. The molecule has 0 aromatic heterocycles. The van der Waals surface area contributed by atoms with E-state index in [1.54, 1.807) is 0 Å². The van der Waals surface area contributed by atoms with Crippen molar-refractivity contribution < 1.29 is 9.18 Å². The van der Waals surface area contributed by atoms with Gasteiger partial charge < -0.3 is 4.90 Å². The summed E-state index contributed by atoms with van der Waals surface area (Å²) in [6.07, 6.45) is 0. The van der Waals surface area contributed by atoms with Gasteiger partial charge in [0.2, 0.25) is 0 Å². The minimum atomic E-state index is -0.590. The summed E-state index contributed by atoms with van der Waals surface area (Å²) in [5.74, 6) is -1.09. The molecule has 1 amide bonds. The topological polar surface area (TPSA) is 44.1 Å². The van der Waals surface area contributed by atoms with Crippen molar-refractivity contribution in [2.45, 2.75) is 0 Å². The van der Waals surface area contributed by atoms with E-state index in [0.29, 0.717) is 4.47 Å². The number of hydrogen-bond donors (Lipinski definition) is 0. The Balaban J connectivity index is 3.01. The van der Waals surface area contributed by atoms with Gasteiger partial charge in [-0.3, -0.25) is 4.79 Å². The molecular weight excluding hydrogens is 263 g/mol. The maximum Gasteiger partial charge on any atom is 0.257 e. The molecule has 0 bridgehead atoms. The summed E-state index contributed by atoms with van der Waals surface area (Å²) >= 11 is 3.15. The van der Waals surface area contributed by atoms with Gasteiger partial charge in [0.25, 0.3) is 5.91 Å². The average molecular weight is 271 g/mol. The molecule has 3 nitrogen and oxygen atoms in total. The van der Waals surface area contributed by atoms with Crippen molar-refractivity contribution in [2.75, 3.05) is 13.6 Å². The van der Waals surface area contributed by atoms with E-state index in [-0.39, 0.29) is 12.1 Å². The van der Waals surface area contributed by atoms with E-state index in [1.165, 1.54) is 25.2 Å². The Kier molecular flexibility index (Phi) is 3.81. The summed E-state index contributed by atoms with van der Waals surface area (Å²) in [5, 5.41) is 8.41. The van der Waals surface area contributed by atoms with Crippen LogP contribution in [0.2, 0.25) is 0 Å². The SMILES string of the molecule is CN(CC#N)C(=O)c1cc(Br)ccc1F. The molecule has 5 heteroatoms. The summed E-state index contributed by atoms with van der Waals surface area (Å²) in [7, 11) is 1.45. The van der Waals surface area contributed by atoms with Crippen molar-refractivity contribution in [3.05, 3.63) is 34.1 Å². The van der Waals surface area contributed by atoms with E-state index in [9.17, 15) is 9.18 Å². The summed E-state index contributed by atoms with van der Waals surface area (Å²) in [6, 6.07) is 5.93. The smallest absolute Gasteiger partial charge is 0.257 e. The zero-order valence-electron chi connectivity index (χ0n) is 8.00. The Labute approximate surface area is 95.2 Å². The molecule has 0 saturated heterocycles. The van der Waals surface area contributed by atoms with Crippen molar-refractivity contribution in [3.8, 4) is 6.07 Å². The lowest BCUT2D eigenvalue weighted by atomic mass is 10.2. The zero-order valence-corrected chi connectivity index (χ0v) is 9.58. The van der Waals surface area contributed by atoms with Gasteiger partial charge in [-0.15, -0.1) is 0 Å². The van der Waals surface area contributed by atoms with Crippen LogP contribution in [0.1, 0.15) is 10.4 Å². The predicted molar refractivity (Wildman–Crippen MR) is 56.7 cm³/mol. The van der Waals surface area contributed by atoms with E-state index in [1.807, 2.05) is 6.07 Å². The number of nitrogens with zero attached hydrogens (tertiary/aromatic N) is 2. The molecular formula is C10H8BrFN2O. The fraction of sp³-hybridized carbons (Fsp3) is 0.200. The minimum Gasteiger partial charge on any atom is -0.328 e. The normalized spacial score (nSPS) is 9.47. The molecule has 0 heterocycles. The van der Waals surface area contributed by atoms with E-state index in [4.69, 9.17) is 5.26 Å². The molecule has 0 N–H and O–H groups in total. The van der Waals surface area contributed by atoms with E-state index < -0.39 is 11.7 Å². The molecule has 1 aromatic carbocycles.